The third kappa shape index (κ3) is 3.47. The quantitative estimate of drug-likeness (QED) is 0.745. The zero-order chi connectivity index (χ0) is 11.4. The van der Waals surface area contributed by atoms with Crippen LogP contribution in [0, 0.1) is 5.92 Å². The molecule has 16 heavy (non-hydrogen) atoms. The standard InChI is InChI=1S/C13H20ClNS/c1-11(14)13-3-7-15(8-4-13)6-2-12-5-9-16-10-12/h5,9-11,13H,2-4,6-8H2,1H3. The maximum atomic E-state index is 6.15. The highest BCUT2D eigenvalue weighted by Gasteiger charge is 2.22. The average Bonchev–Trinajstić information content (AvgIpc) is 2.80. The van der Waals surface area contributed by atoms with Crippen LogP contribution in [0.2, 0.25) is 0 Å². The van der Waals surface area contributed by atoms with E-state index in [0.29, 0.717) is 5.38 Å². The smallest absolute Gasteiger partial charge is 0.0337 e. The second-order valence-corrected chi connectivity index (χ2v) is 6.21. The number of piperidine rings is 1. The Kier molecular flexibility index (Phi) is 4.68. The van der Waals surface area contributed by atoms with Gasteiger partial charge in [-0.1, -0.05) is 0 Å². The number of alkyl halides is 1. The van der Waals surface area contributed by atoms with Crippen LogP contribution >= 0.6 is 22.9 Å². The van der Waals surface area contributed by atoms with Crippen molar-refractivity contribution >= 4 is 22.9 Å². The van der Waals surface area contributed by atoms with Gasteiger partial charge in [-0.05, 0) is 67.6 Å². The zero-order valence-corrected chi connectivity index (χ0v) is 11.4. The second kappa shape index (κ2) is 6.04. The van der Waals surface area contributed by atoms with Crippen molar-refractivity contribution in [2.75, 3.05) is 19.6 Å². The van der Waals surface area contributed by atoms with Gasteiger partial charge in [0.15, 0.2) is 0 Å². The summed E-state index contributed by atoms with van der Waals surface area (Å²) in [5.41, 5.74) is 1.48. The van der Waals surface area contributed by atoms with Gasteiger partial charge in [-0.3, -0.25) is 0 Å². The van der Waals surface area contributed by atoms with Crippen molar-refractivity contribution in [1.29, 1.82) is 0 Å². The van der Waals surface area contributed by atoms with E-state index in [0.717, 1.165) is 5.92 Å². The first-order chi connectivity index (χ1) is 7.75. The van der Waals surface area contributed by atoms with Crippen LogP contribution in [-0.2, 0) is 6.42 Å². The lowest BCUT2D eigenvalue weighted by molar-refractivity contribution is 0.185. The molecule has 0 aromatic carbocycles. The van der Waals surface area contributed by atoms with E-state index in [1.54, 1.807) is 11.3 Å². The van der Waals surface area contributed by atoms with Crippen LogP contribution in [0.3, 0.4) is 0 Å². The molecule has 1 aromatic heterocycles. The van der Waals surface area contributed by atoms with E-state index >= 15 is 0 Å². The summed E-state index contributed by atoms with van der Waals surface area (Å²) in [4.78, 5) is 2.58. The molecule has 2 rings (SSSR count). The predicted octanol–water partition coefficient (Wildman–Crippen LogP) is 3.63. The zero-order valence-electron chi connectivity index (χ0n) is 9.86. The van der Waals surface area contributed by atoms with Crippen LogP contribution in [-0.4, -0.2) is 29.9 Å². The Bertz CT molecular complexity index is 289. The molecule has 0 N–H and O–H groups in total. The molecule has 1 aromatic rings. The normalized spacial score (nSPS) is 21.1. The lowest BCUT2D eigenvalue weighted by Gasteiger charge is -2.33. The minimum atomic E-state index is 0.346. The molecular formula is C13H20ClNS. The maximum Gasteiger partial charge on any atom is 0.0337 e. The molecule has 1 aliphatic rings. The Labute approximate surface area is 107 Å². The summed E-state index contributed by atoms with van der Waals surface area (Å²) in [5, 5.41) is 4.77. The van der Waals surface area contributed by atoms with Crippen molar-refractivity contribution in [2.45, 2.75) is 31.6 Å². The van der Waals surface area contributed by atoms with Crippen LogP contribution < -0.4 is 0 Å². The van der Waals surface area contributed by atoms with Crippen molar-refractivity contribution in [3.63, 3.8) is 0 Å². The third-order valence-electron chi connectivity index (χ3n) is 3.58. The first kappa shape index (κ1) is 12.4. The summed E-state index contributed by atoms with van der Waals surface area (Å²) in [7, 11) is 0. The minimum Gasteiger partial charge on any atom is -0.303 e. The average molecular weight is 258 g/mol. The van der Waals surface area contributed by atoms with E-state index in [1.165, 1.54) is 44.5 Å². The van der Waals surface area contributed by atoms with Gasteiger partial charge in [0.25, 0.3) is 0 Å². The Morgan fingerprint density at radius 3 is 2.81 bits per heavy atom. The van der Waals surface area contributed by atoms with Crippen LogP contribution in [0.5, 0.6) is 0 Å². The lowest BCUT2D eigenvalue weighted by Crippen LogP contribution is -2.37. The van der Waals surface area contributed by atoms with E-state index in [9.17, 15) is 0 Å². The second-order valence-electron chi connectivity index (χ2n) is 4.74. The molecule has 1 nitrogen and oxygen atoms in total. The number of hydrogen-bond donors (Lipinski definition) is 0. The minimum absolute atomic E-state index is 0.346. The monoisotopic (exact) mass is 257 g/mol. The van der Waals surface area contributed by atoms with Gasteiger partial charge in [-0.2, -0.15) is 11.3 Å². The van der Waals surface area contributed by atoms with Crippen LogP contribution in [0.15, 0.2) is 16.8 Å². The van der Waals surface area contributed by atoms with Gasteiger partial charge in [-0.15, -0.1) is 11.6 Å². The lowest BCUT2D eigenvalue weighted by atomic mass is 9.94. The first-order valence-corrected chi connectivity index (χ1v) is 7.51. The van der Waals surface area contributed by atoms with Crippen LogP contribution in [0.25, 0.3) is 0 Å². The third-order valence-corrected chi connectivity index (χ3v) is 4.67. The van der Waals surface area contributed by atoms with Gasteiger partial charge in [0, 0.05) is 11.9 Å². The molecule has 0 saturated carbocycles. The van der Waals surface area contributed by atoms with E-state index in [-0.39, 0.29) is 0 Å². The summed E-state index contributed by atoms with van der Waals surface area (Å²) >= 11 is 7.94. The van der Waals surface area contributed by atoms with Crippen LogP contribution in [0.4, 0.5) is 0 Å². The first-order valence-electron chi connectivity index (χ1n) is 6.13. The Morgan fingerprint density at radius 1 is 1.50 bits per heavy atom. The fourth-order valence-electron chi connectivity index (χ4n) is 2.36. The van der Waals surface area contributed by atoms with Crippen molar-refractivity contribution in [2.24, 2.45) is 5.92 Å². The predicted molar refractivity (Wildman–Crippen MR) is 72.5 cm³/mol. The van der Waals surface area contributed by atoms with Gasteiger partial charge in [-0.25, -0.2) is 0 Å². The number of nitrogens with zero attached hydrogens (tertiary/aromatic N) is 1. The Balaban J connectivity index is 1.69. The molecule has 0 radical (unpaired) electrons. The fraction of sp³-hybridized carbons (Fsp3) is 0.692. The number of rotatable bonds is 4. The summed E-state index contributed by atoms with van der Waals surface area (Å²) in [5.74, 6) is 0.735. The number of thiophene rings is 1. The number of halogens is 1. The van der Waals surface area contributed by atoms with Gasteiger partial charge in [0.05, 0.1) is 0 Å². The van der Waals surface area contributed by atoms with E-state index in [4.69, 9.17) is 11.6 Å². The molecule has 1 saturated heterocycles. The molecule has 90 valence electrons. The highest BCUT2D eigenvalue weighted by atomic mass is 35.5. The molecule has 2 heterocycles. The molecule has 1 atom stereocenters. The van der Waals surface area contributed by atoms with E-state index in [2.05, 4.69) is 28.7 Å². The van der Waals surface area contributed by atoms with Crippen LogP contribution in [0.1, 0.15) is 25.3 Å². The molecule has 1 fully saturated rings. The Hall–Kier alpha value is -0.0500. The summed E-state index contributed by atoms with van der Waals surface area (Å²) in [6.07, 6.45) is 3.74. The Morgan fingerprint density at radius 2 is 2.25 bits per heavy atom. The number of hydrogen-bond acceptors (Lipinski definition) is 2. The van der Waals surface area contributed by atoms with E-state index in [1.807, 2.05) is 0 Å². The van der Waals surface area contributed by atoms with Gasteiger partial charge in [0.2, 0.25) is 0 Å². The van der Waals surface area contributed by atoms with Gasteiger partial charge < -0.3 is 4.90 Å². The molecule has 0 aliphatic carbocycles. The molecule has 0 bridgehead atoms. The largest absolute Gasteiger partial charge is 0.303 e. The molecule has 1 unspecified atom stereocenters. The molecule has 0 amide bonds. The summed E-state index contributed by atoms with van der Waals surface area (Å²) in [6.45, 7) is 5.80. The summed E-state index contributed by atoms with van der Waals surface area (Å²) in [6, 6.07) is 2.23. The van der Waals surface area contributed by atoms with Crippen molar-refractivity contribution in [1.82, 2.24) is 4.90 Å². The molecular weight excluding hydrogens is 238 g/mol. The molecule has 0 spiro atoms. The van der Waals surface area contributed by atoms with Crippen molar-refractivity contribution in [3.8, 4) is 0 Å². The highest BCUT2D eigenvalue weighted by molar-refractivity contribution is 7.07. The molecule has 3 heteroatoms. The highest BCUT2D eigenvalue weighted by Crippen LogP contribution is 2.23. The fourth-order valence-corrected chi connectivity index (χ4v) is 3.31. The number of likely N-dealkylation sites (tertiary alicyclic amines) is 1. The topological polar surface area (TPSA) is 3.24 Å². The van der Waals surface area contributed by atoms with Crippen molar-refractivity contribution < 1.29 is 0 Å². The van der Waals surface area contributed by atoms with Gasteiger partial charge >= 0.3 is 0 Å². The van der Waals surface area contributed by atoms with Gasteiger partial charge in [0.1, 0.15) is 0 Å². The summed E-state index contributed by atoms with van der Waals surface area (Å²) < 4.78 is 0. The molecule has 1 aliphatic heterocycles. The van der Waals surface area contributed by atoms with E-state index < -0.39 is 0 Å². The van der Waals surface area contributed by atoms with Crippen molar-refractivity contribution in [3.05, 3.63) is 22.4 Å². The SMILES string of the molecule is CC(Cl)C1CCN(CCc2ccsc2)CC1. The maximum absolute atomic E-state index is 6.15.